The third-order valence-corrected chi connectivity index (χ3v) is 2.86. The van der Waals surface area contributed by atoms with Crippen molar-refractivity contribution in [3.8, 4) is 5.75 Å². The largest absolute Gasteiger partial charge is 0.497 e. The summed E-state index contributed by atoms with van der Waals surface area (Å²) in [5, 5.41) is 0. The smallest absolute Gasteiger partial charge is 0.158 e. The molecular weight excluding hydrogens is 202 g/mol. The van der Waals surface area contributed by atoms with Crippen molar-refractivity contribution < 1.29 is 9.53 Å². The van der Waals surface area contributed by atoms with Gasteiger partial charge >= 0.3 is 0 Å². The minimum Gasteiger partial charge on any atom is -0.497 e. The van der Waals surface area contributed by atoms with E-state index in [-0.39, 0.29) is 11.7 Å². The van der Waals surface area contributed by atoms with E-state index in [1.54, 1.807) is 13.2 Å². The van der Waals surface area contributed by atoms with Crippen molar-refractivity contribution in [1.29, 1.82) is 0 Å². The van der Waals surface area contributed by atoms with Gasteiger partial charge in [0.2, 0.25) is 0 Å². The van der Waals surface area contributed by atoms with Crippen LogP contribution in [0.4, 0.5) is 0 Å². The quantitative estimate of drug-likeness (QED) is 0.824. The molecule has 0 aliphatic heterocycles. The molecule has 84 valence electrons. The van der Waals surface area contributed by atoms with E-state index in [4.69, 9.17) is 10.5 Å². The highest BCUT2D eigenvalue weighted by Crippen LogP contribution is 2.30. The van der Waals surface area contributed by atoms with Crippen LogP contribution >= 0.6 is 0 Å². The molecule has 0 radical (unpaired) electrons. The third kappa shape index (κ3) is 2.24. The predicted molar refractivity (Wildman–Crippen MR) is 62.2 cm³/mol. The normalized spacial score (nSPS) is 20.4. The van der Waals surface area contributed by atoms with Crippen LogP contribution in [0.1, 0.15) is 24.3 Å². The Bertz CT molecular complexity index is 420. The zero-order valence-corrected chi connectivity index (χ0v) is 9.27. The number of ether oxygens (including phenoxy) is 1. The summed E-state index contributed by atoms with van der Waals surface area (Å²) in [6.07, 6.45) is 2.85. The summed E-state index contributed by atoms with van der Waals surface area (Å²) in [5.74, 6) is 1.15. The average Bonchev–Trinajstić information content (AvgIpc) is 2.28. The highest BCUT2D eigenvalue weighted by Gasteiger charge is 2.20. The molecule has 1 aromatic rings. The van der Waals surface area contributed by atoms with Crippen molar-refractivity contribution in [1.82, 2.24) is 0 Å². The molecule has 2 N–H and O–H groups in total. The van der Waals surface area contributed by atoms with Crippen LogP contribution in [0.15, 0.2) is 36.0 Å². The van der Waals surface area contributed by atoms with Gasteiger partial charge in [-0.2, -0.15) is 0 Å². The van der Waals surface area contributed by atoms with Gasteiger partial charge in [-0.25, -0.2) is 0 Å². The molecule has 0 saturated heterocycles. The summed E-state index contributed by atoms with van der Waals surface area (Å²) < 4.78 is 5.10. The summed E-state index contributed by atoms with van der Waals surface area (Å²) in [4.78, 5) is 11.4. The van der Waals surface area contributed by atoms with Gasteiger partial charge in [0.1, 0.15) is 5.75 Å². The number of benzene rings is 1. The first kappa shape index (κ1) is 10.7. The van der Waals surface area contributed by atoms with E-state index in [2.05, 4.69) is 0 Å². The monoisotopic (exact) mass is 217 g/mol. The van der Waals surface area contributed by atoms with Gasteiger partial charge in [-0.1, -0.05) is 12.1 Å². The van der Waals surface area contributed by atoms with Crippen LogP contribution in [0.5, 0.6) is 5.75 Å². The second-order valence-electron chi connectivity index (χ2n) is 4.06. The Morgan fingerprint density at radius 3 is 2.50 bits per heavy atom. The van der Waals surface area contributed by atoms with Crippen LogP contribution in [0.25, 0.3) is 0 Å². The second-order valence-corrected chi connectivity index (χ2v) is 4.06. The predicted octanol–water partition coefficient (Wildman–Crippen LogP) is 1.98. The first-order valence-electron chi connectivity index (χ1n) is 5.32. The lowest BCUT2D eigenvalue weighted by Gasteiger charge is -2.20. The van der Waals surface area contributed by atoms with Gasteiger partial charge < -0.3 is 10.5 Å². The molecule has 0 amide bonds. The molecule has 1 atom stereocenters. The number of rotatable bonds is 2. The minimum absolute atomic E-state index is 0.115. The Kier molecular flexibility index (Phi) is 2.95. The summed E-state index contributed by atoms with van der Waals surface area (Å²) >= 11 is 0. The lowest BCUT2D eigenvalue weighted by Crippen LogP contribution is -2.16. The van der Waals surface area contributed by atoms with Gasteiger partial charge in [0.25, 0.3) is 0 Å². The maximum atomic E-state index is 11.4. The standard InChI is InChI=1S/C13H15NO2/c1-16-13-4-2-9(3-5-13)10-6-11(14)8-12(15)7-10/h2-5,8,10H,6-7,14H2,1H3. The van der Waals surface area contributed by atoms with Crippen LogP contribution in [0.3, 0.4) is 0 Å². The van der Waals surface area contributed by atoms with Crippen LogP contribution < -0.4 is 10.5 Å². The molecule has 1 aliphatic rings. The van der Waals surface area contributed by atoms with Crippen LogP contribution in [-0.2, 0) is 4.79 Å². The van der Waals surface area contributed by atoms with Gasteiger partial charge in [-0.05, 0) is 36.1 Å². The number of carbonyl (C=O) groups is 1. The highest BCUT2D eigenvalue weighted by molar-refractivity contribution is 5.91. The Hall–Kier alpha value is -1.77. The highest BCUT2D eigenvalue weighted by atomic mass is 16.5. The number of carbonyl (C=O) groups excluding carboxylic acids is 1. The fourth-order valence-corrected chi connectivity index (χ4v) is 2.04. The summed E-state index contributed by atoms with van der Waals surface area (Å²) in [7, 11) is 1.64. The molecule has 2 rings (SSSR count). The number of methoxy groups -OCH3 is 1. The van der Waals surface area contributed by atoms with Crippen molar-refractivity contribution in [3.05, 3.63) is 41.6 Å². The van der Waals surface area contributed by atoms with Gasteiger partial charge in [-0.15, -0.1) is 0 Å². The Labute approximate surface area is 94.9 Å². The summed E-state index contributed by atoms with van der Waals surface area (Å²) in [5.41, 5.74) is 7.55. The van der Waals surface area contributed by atoms with Crippen LogP contribution in [-0.4, -0.2) is 12.9 Å². The number of nitrogens with two attached hydrogens (primary N) is 1. The van der Waals surface area contributed by atoms with Crippen LogP contribution in [0, 0.1) is 0 Å². The van der Waals surface area contributed by atoms with Gasteiger partial charge in [0.05, 0.1) is 7.11 Å². The molecule has 16 heavy (non-hydrogen) atoms. The van der Waals surface area contributed by atoms with Crippen molar-refractivity contribution in [2.75, 3.05) is 7.11 Å². The molecular formula is C13H15NO2. The van der Waals surface area contributed by atoms with E-state index in [1.807, 2.05) is 24.3 Å². The molecule has 1 aliphatic carbocycles. The number of ketones is 1. The molecule has 0 spiro atoms. The van der Waals surface area contributed by atoms with E-state index in [9.17, 15) is 4.79 Å². The van der Waals surface area contributed by atoms with Crippen molar-refractivity contribution in [3.63, 3.8) is 0 Å². The molecule has 1 unspecified atom stereocenters. The molecule has 0 aromatic heterocycles. The average molecular weight is 217 g/mol. The second kappa shape index (κ2) is 4.39. The first-order valence-corrected chi connectivity index (χ1v) is 5.32. The van der Waals surface area contributed by atoms with Gasteiger partial charge in [0.15, 0.2) is 5.78 Å². The number of allylic oxidation sites excluding steroid dienone is 2. The van der Waals surface area contributed by atoms with Gasteiger partial charge in [0, 0.05) is 12.1 Å². The summed E-state index contributed by atoms with van der Waals surface area (Å²) in [6, 6.07) is 7.81. The first-order chi connectivity index (χ1) is 7.69. The zero-order chi connectivity index (χ0) is 11.5. The molecule has 0 saturated carbocycles. The summed E-state index contributed by atoms with van der Waals surface area (Å²) in [6.45, 7) is 0. The van der Waals surface area contributed by atoms with Crippen LogP contribution in [0.2, 0.25) is 0 Å². The van der Waals surface area contributed by atoms with E-state index < -0.39 is 0 Å². The fourth-order valence-electron chi connectivity index (χ4n) is 2.04. The Morgan fingerprint density at radius 2 is 1.94 bits per heavy atom. The molecule has 0 heterocycles. The number of hydrogen-bond acceptors (Lipinski definition) is 3. The van der Waals surface area contributed by atoms with E-state index in [0.717, 1.165) is 17.7 Å². The van der Waals surface area contributed by atoms with Gasteiger partial charge in [-0.3, -0.25) is 4.79 Å². The number of hydrogen-bond donors (Lipinski definition) is 1. The molecule has 3 nitrogen and oxygen atoms in total. The minimum atomic E-state index is 0.115. The molecule has 0 bridgehead atoms. The molecule has 3 heteroatoms. The SMILES string of the molecule is COc1ccc(C2CC(=O)C=C(N)C2)cc1. The van der Waals surface area contributed by atoms with E-state index in [0.29, 0.717) is 12.1 Å². The zero-order valence-electron chi connectivity index (χ0n) is 9.27. The fraction of sp³-hybridized carbons (Fsp3) is 0.308. The topological polar surface area (TPSA) is 52.3 Å². The maximum absolute atomic E-state index is 11.4. The van der Waals surface area contributed by atoms with Crippen molar-refractivity contribution in [2.24, 2.45) is 5.73 Å². The maximum Gasteiger partial charge on any atom is 0.158 e. The van der Waals surface area contributed by atoms with E-state index in [1.165, 1.54) is 0 Å². The Balaban J connectivity index is 2.18. The lowest BCUT2D eigenvalue weighted by molar-refractivity contribution is -0.115. The van der Waals surface area contributed by atoms with Crippen molar-refractivity contribution in [2.45, 2.75) is 18.8 Å². The molecule has 1 aromatic carbocycles. The lowest BCUT2D eigenvalue weighted by atomic mass is 9.86. The molecule has 0 fully saturated rings. The van der Waals surface area contributed by atoms with E-state index >= 15 is 0 Å². The third-order valence-electron chi connectivity index (χ3n) is 2.86. The Morgan fingerprint density at radius 1 is 1.25 bits per heavy atom. The van der Waals surface area contributed by atoms with Crippen molar-refractivity contribution >= 4 is 5.78 Å².